The van der Waals surface area contributed by atoms with Crippen molar-refractivity contribution in [2.75, 3.05) is 59.5 Å². The van der Waals surface area contributed by atoms with E-state index in [-0.39, 0.29) is 24.0 Å². The average molecular weight is 465 g/mol. The number of hydrogen-bond donors (Lipinski definition) is 1. The van der Waals surface area contributed by atoms with Crippen LogP contribution in [0.2, 0.25) is 0 Å². The molecule has 0 amide bonds. The fourth-order valence-electron chi connectivity index (χ4n) is 4.42. The van der Waals surface area contributed by atoms with Crippen LogP contribution in [0.1, 0.15) is 33.1 Å². The Morgan fingerprint density at radius 2 is 2.00 bits per heavy atom. The Labute approximate surface area is 170 Å². The van der Waals surface area contributed by atoms with Gasteiger partial charge in [0, 0.05) is 51.4 Å². The summed E-state index contributed by atoms with van der Waals surface area (Å²) < 4.78 is 5.55. The van der Waals surface area contributed by atoms with Crippen molar-refractivity contribution in [3.63, 3.8) is 0 Å². The Morgan fingerprint density at radius 3 is 2.68 bits per heavy atom. The molecule has 3 heterocycles. The van der Waals surface area contributed by atoms with E-state index in [2.05, 4.69) is 38.9 Å². The standard InChI is InChI=1S/C18H35N5O.HI/c1-15(23-10-11-24-14-16(23)2)12-20-18(19-3)22-9-6-17(13-22)21-7-4-5-8-21;/h15-17H,4-14H2,1-3H3,(H,19,20);1H. The van der Waals surface area contributed by atoms with Crippen LogP contribution in [0, 0.1) is 0 Å². The third-order valence-electron chi connectivity index (χ3n) is 5.87. The highest BCUT2D eigenvalue weighted by Gasteiger charge is 2.31. The molecule has 3 unspecified atom stereocenters. The Morgan fingerprint density at radius 1 is 1.24 bits per heavy atom. The molecule has 0 spiro atoms. The molecule has 3 aliphatic heterocycles. The second-order valence-corrected chi connectivity index (χ2v) is 7.57. The van der Waals surface area contributed by atoms with Crippen molar-refractivity contribution in [2.45, 2.75) is 51.2 Å². The van der Waals surface area contributed by atoms with Crippen LogP contribution in [0.15, 0.2) is 4.99 Å². The van der Waals surface area contributed by atoms with Gasteiger partial charge in [-0.05, 0) is 46.2 Å². The molecule has 0 aromatic carbocycles. The molecule has 3 saturated heterocycles. The van der Waals surface area contributed by atoms with Gasteiger partial charge in [0.15, 0.2) is 5.96 Å². The average Bonchev–Trinajstić information content (AvgIpc) is 3.27. The number of rotatable bonds is 4. The first-order chi connectivity index (χ1) is 11.7. The lowest BCUT2D eigenvalue weighted by atomic mass is 10.2. The normalized spacial score (nSPS) is 30.4. The minimum atomic E-state index is 0. The number of nitrogens with one attached hydrogen (secondary N) is 1. The number of nitrogens with zero attached hydrogens (tertiary/aromatic N) is 4. The number of morpholine rings is 1. The van der Waals surface area contributed by atoms with E-state index in [4.69, 9.17) is 4.74 Å². The first-order valence-electron chi connectivity index (χ1n) is 9.72. The van der Waals surface area contributed by atoms with Gasteiger partial charge >= 0.3 is 0 Å². The molecule has 0 aromatic heterocycles. The van der Waals surface area contributed by atoms with E-state index in [0.29, 0.717) is 12.1 Å². The summed E-state index contributed by atoms with van der Waals surface area (Å²) in [5.74, 6) is 1.07. The predicted molar refractivity (Wildman–Crippen MR) is 114 cm³/mol. The summed E-state index contributed by atoms with van der Waals surface area (Å²) in [5, 5.41) is 3.62. The number of hydrogen-bond acceptors (Lipinski definition) is 4. The largest absolute Gasteiger partial charge is 0.379 e. The van der Waals surface area contributed by atoms with Crippen LogP contribution in [0.4, 0.5) is 0 Å². The predicted octanol–water partition coefficient (Wildman–Crippen LogP) is 1.46. The quantitative estimate of drug-likeness (QED) is 0.387. The van der Waals surface area contributed by atoms with E-state index in [9.17, 15) is 0 Å². The molecule has 25 heavy (non-hydrogen) atoms. The van der Waals surface area contributed by atoms with Crippen molar-refractivity contribution in [1.82, 2.24) is 20.0 Å². The highest BCUT2D eigenvalue weighted by Crippen LogP contribution is 2.20. The highest BCUT2D eigenvalue weighted by molar-refractivity contribution is 14.0. The summed E-state index contributed by atoms with van der Waals surface area (Å²) in [7, 11) is 1.91. The smallest absolute Gasteiger partial charge is 0.193 e. The molecule has 3 rings (SSSR count). The Hall–Kier alpha value is -0.120. The zero-order valence-corrected chi connectivity index (χ0v) is 18.4. The fraction of sp³-hybridized carbons (Fsp3) is 0.944. The van der Waals surface area contributed by atoms with E-state index in [0.717, 1.165) is 51.4 Å². The lowest BCUT2D eigenvalue weighted by molar-refractivity contribution is -0.0175. The van der Waals surface area contributed by atoms with Gasteiger partial charge in [-0.3, -0.25) is 14.8 Å². The summed E-state index contributed by atoms with van der Waals surface area (Å²) in [6.45, 7) is 13.1. The van der Waals surface area contributed by atoms with Crippen molar-refractivity contribution in [3.8, 4) is 0 Å². The second kappa shape index (κ2) is 10.3. The van der Waals surface area contributed by atoms with Gasteiger partial charge in [0.05, 0.1) is 13.2 Å². The SMILES string of the molecule is CN=C(NCC(C)N1CCOCC1C)N1CCC(N2CCCC2)C1.I. The molecule has 146 valence electrons. The first-order valence-corrected chi connectivity index (χ1v) is 9.72. The maximum atomic E-state index is 5.55. The van der Waals surface area contributed by atoms with Gasteiger partial charge in [0.25, 0.3) is 0 Å². The lowest BCUT2D eigenvalue weighted by Gasteiger charge is -2.38. The lowest BCUT2D eigenvalue weighted by Crippen LogP contribution is -2.53. The number of guanidine groups is 1. The van der Waals surface area contributed by atoms with Crippen LogP contribution in [0.5, 0.6) is 0 Å². The molecule has 0 bridgehead atoms. The molecular formula is C18H36IN5O. The van der Waals surface area contributed by atoms with E-state index in [1.807, 2.05) is 7.05 Å². The molecule has 0 aliphatic carbocycles. The van der Waals surface area contributed by atoms with Crippen LogP contribution in [-0.2, 0) is 4.74 Å². The summed E-state index contributed by atoms with van der Waals surface area (Å²) in [4.78, 5) is 12.2. The van der Waals surface area contributed by atoms with E-state index >= 15 is 0 Å². The maximum absolute atomic E-state index is 5.55. The van der Waals surface area contributed by atoms with Crippen LogP contribution in [0.25, 0.3) is 0 Å². The van der Waals surface area contributed by atoms with Gasteiger partial charge < -0.3 is 15.0 Å². The Balaban J connectivity index is 0.00000225. The van der Waals surface area contributed by atoms with E-state index in [1.54, 1.807) is 0 Å². The fourth-order valence-corrected chi connectivity index (χ4v) is 4.42. The van der Waals surface area contributed by atoms with Crippen LogP contribution in [0.3, 0.4) is 0 Å². The molecule has 0 saturated carbocycles. The summed E-state index contributed by atoms with van der Waals surface area (Å²) in [6, 6.07) is 1.73. The summed E-state index contributed by atoms with van der Waals surface area (Å²) in [5.41, 5.74) is 0. The molecule has 7 heteroatoms. The zero-order chi connectivity index (χ0) is 16.9. The maximum Gasteiger partial charge on any atom is 0.193 e. The second-order valence-electron chi connectivity index (χ2n) is 7.57. The molecule has 3 fully saturated rings. The Kier molecular flexibility index (Phi) is 8.71. The van der Waals surface area contributed by atoms with Gasteiger partial charge in [-0.1, -0.05) is 0 Å². The molecule has 0 aromatic rings. The van der Waals surface area contributed by atoms with Crippen LogP contribution >= 0.6 is 24.0 Å². The number of likely N-dealkylation sites (tertiary alicyclic amines) is 2. The molecule has 3 aliphatic rings. The van der Waals surface area contributed by atoms with Crippen LogP contribution in [-0.4, -0.2) is 98.3 Å². The zero-order valence-electron chi connectivity index (χ0n) is 16.1. The Bertz CT molecular complexity index is 430. The van der Waals surface area contributed by atoms with E-state index < -0.39 is 0 Å². The van der Waals surface area contributed by atoms with Gasteiger partial charge in [0.2, 0.25) is 0 Å². The van der Waals surface area contributed by atoms with Crippen molar-refractivity contribution in [1.29, 1.82) is 0 Å². The molecule has 0 radical (unpaired) electrons. The van der Waals surface area contributed by atoms with Crippen molar-refractivity contribution < 1.29 is 4.74 Å². The third-order valence-corrected chi connectivity index (χ3v) is 5.87. The highest BCUT2D eigenvalue weighted by atomic mass is 127. The number of ether oxygens (including phenoxy) is 1. The summed E-state index contributed by atoms with van der Waals surface area (Å²) in [6.07, 6.45) is 4.02. The monoisotopic (exact) mass is 465 g/mol. The van der Waals surface area contributed by atoms with Crippen molar-refractivity contribution in [2.24, 2.45) is 4.99 Å². The van der Waals surface area contributed by atoms with Crippen molar-refractivity contribution >= 4 is 29.9 Å². The number of aliphatic imine (C=N–C) groups is 1. The minimum Gasteiger partial charge on any atom is -0.379 e. The summed E-state index contributed by atoms with van der Waals surface area (Å²) >= 11 is 0. The van der Waals surface area contributed by atoms with Gasteiger partial charge in [-0.15, -0.1) is 24.0 Å². The molecule has 6 nitrogen and oxygen atoms in total. The minimum absolute atomic E-state index is 0. The molecule has 3 atom stereocenters. The third kappa shape index (κ3) is 5.43. The van der Waals surface area contributed by atoms with E-state index in [1.165, 1.54) is 32.4 Å². The molecule has 1 N–H and O–H groups in total. The van der Waals surface area contributed by atoms with Gasteiger partial charge in [-0.2, -0.15) is 0 Å². The topological polar surface area (TPSA) is 43.3 Å². The van der Waals surface area contributed by atoms with Gasteiger partial charge in [0.1, 0.15) is 0 Å². The van der Waals surface area contributed by atoms with Crippen LogP contribution < -0.4 is 5.32 Å². The molecular weight excluding hydrogens is 429 g/mol. The van der Waals surface area contributed by atoms with Gasteiger partial charge in [-0.25, -0.2) is 0 Å². The van der Waals surface area contributed by atoms with Crippen molar-refractivity contribution in [3.05, 3.63) is 0 Å². The first kappa shape index (κ1) is 21.2. The number of halogens is 1.